The van der Waals surface area contributed by atoms with Crippen LogP contribution in [-0.4, -0.2) is 18.0 Å². The van der Waals surface area contributed by atoms with E-state index >= 15 is 0 Å². The van der Waals surface area contributed by atoms with Crippen molar-refractivity contribution in [2.24, 2.45) is 5.92 Å². The van der Waals surface area contributed by atoms with Crippen LogP contribution < -0.4 is 0 Å². The van der Waals surface area contributed by atoms with Gasteiger partial charge in [0.1, 0.15) is 0 Å². The summed E-state index contributed by atoms with van der Waals surface area (Å²) in [5.41, 5.74) is 1.97. The van der Waals surface area contributed by atoms with Gasteiger partial charge in [0.25, 0.3) is 0 Å². The quantitative estimate of drug-likeness (QED) is 0.818. The Morgan fingerprint density at radius 3 is 2.79 bits per heavy atom. The molecule has 2 heterocycles. The smallest absolute Gasteiger partial charge is 0.0234 e. The van der Waals surface area contributed by atoms with Crippen LogP contribution in [0.5, 0.6) is 0 Å². The van der Waals surface area contributed by atoms with Crippen LogP contribution in [0.4, 0.5) is 0 Å². The lowest BCUT2D eigenvalue weighted by Gasteiger charge is -2.20. The van der Waals surface area contributed by atoms with Crippen molar-refractivity contribution >= 4 is 11.3 Å². The first-order valence-corrected chi connectivity index (χ1v) is 7.91. The van der Waals surface area contributed by atoms with Gasteiger partial charge in [0, 0.05) is 34.8 Å². The summed E-state index contributed by atoms with van der Waals surface area (Å²) in [6.45, 7) is 5.88. The molecule has 1 aromatic carbocycles. The number of fused-ring (bicyclic) bond motifs is 1. The Kier molecular flexibility index (Phi) is 2.58. The van der Waals surface area contributed by atoms with Gasteiger partial charge in [0.05, 0.1) is 0 Å². The van der Waals surface area contributed by atoms with Crippen LogP contribution in [0, 0.1) is 12.8 Å². The van der Waals surface area contributed by atoms with Crippen LogP contribution in [0.15, 0.2) is 42.5 Å². The minimum absolute atomic E-state index is 0.522. The number of rotatable bonds is 3. The summed E-state index contributed by atoms with van der Waals surface area (Å²) >= 11 is 2.01. The zero-order valence-electron chi connectivity index (χ0n) is 11.3. The summed E-state index contributed by atoms with van der Waals surface area (Å²) < 4.78 is 0. The van der Waals surface area contributed by atoms with Gasteiger partial charge in [0.15, 0.2) is 0 Å². The molecule has 1 nitrogen and oxygen atoms in total. The molecule has 2 aromatic rings. The van der Waals surface area contributed by atoms with Gasteiger partial charge in [0.2, 0.25) is 0 Å². The van der Waals surface area contributed by atoms with E-state index in [2.05, 4.69) is 54.3 Å². The molecule has 2 unspecified atom stereocenters. The monoisotopic (exact) mass is 269 g/mol. The number of hydrogen-bond donors (Lipinski definition) is 0. The molecule has 1 aliphatic carbocycles. The first-order valence-electron chi connectivity index (χ1n) is 7.09. The second-order valence-corrected chi connectivity index (χ2v) is 7.41. The lowest BCUT2D eigenvalue weighted by molar-refractivity contribution is 0.291. The van der Waals surface area contributed by atoms with E-state index in [1.165, 1.54) is 30.0 Å². The lowest BCUT2D eigenvalue weighted by atomic mass is 10.0. The number of piperidine rings is 1. The van der Waals surface area contributed by atoms with Crippen molar-refractivity contribution in [3.8, 4) is 0 Å². The van der Waals surface area contributed by atoms with E-state index in [4.69, 9.17) is 0 Å². The van der Waals surface area contributed by atoms with Gasteiger partial charge in [-0.1, -0.05) is 30.3 Å². The molecule has 0 amide bonds. The largest absolute Gasteiger partial charge is 0.298 e. The van der Waals surface area contributed by atoms with E-state index in [1.807, 2.05) is 11.3 Å². The average molecular weight is 269 g/mol. The summed E-state index contributed by atoms with van der Waals surface area (Å²) in [4.78, 5) is 5.72. The topological polar surface area (TPSA) is 3.24 Å². The van der Waals surface area contributed by atoms with E-state index < -0.39 is 0 Å². The van der Waals surface area contributed by atoms with Crippen LogP contribution >= 0.6 is 11.3 Å². The Balaban J connectivity index is 1.50. The maximum absolute atomic E-state index is 2.64. The minimum atomic E-state index is 0.522. The molecule has 1 aliphatic heterocycles. The van der Waals surface area contributed by atoms with Crippen molar-refractivity contribution in [2.45, 2.75) is 25.3 Å². The first-order chi connectivity index (χ1) is 9.26. The minimum Gasteiger partial charge on any atom is -0.298 e. The fourth-order valence-corrected chi connectivity index (χ4v) is 4.77. The second-order valence-electron chi connectivity index (χ2n) is 6.12. The number of thiophene rings is 1. The SMILES string of the molecule is Cc1ccc(C23CC2CN(Cc2ccccc2)C3)s1. The van der Waals surface area contributed by atoms with Gasteiger partial charge in [-0.15, -0.1) is 11.3 Å². The van der Waals surface area contributed by atoms with Crippen LogP contribution in [0.3, 0.4) is 0 Å². The van der Waals surface area contributed by atoms with E-state index in [0.717, 1.165) is 12.5 Å². The van der Waals surface area contributed by atoms with Crippen molar-refractivity contribution in [3.63, 3.8) is 0 Å². The van der Waals surface area contributed by atoms with E-state index in [-0.39, 0.29) is 0 Å². The molecule has 2 heteroatoms. The molecule has 2 aliphatic rings. The summed E-state index contributed by atoms with van der Waals surface area (Å²) in [6, 6.07) is 15.5. The highest BCUT2D eigenvalue weighted by atomic mass is 32.1. The molecule has 19 heavy (non-hydrogen) atoms. The lowest BCUT2D eigenvalue weighted by Crippen LogP contribution is -2.25. The number of nitrogens with zero attached hydrogens (tertiary/aromatic N) is 1. The van der Waals surface area contributed by atoms with Crippen molar-refractivity contribution in [1.29, 1.82) is 0 Å². The molecule has 98 valence electrons. The molecule has 4 rings (SSSR count). The maximum Gasteiger partial charge on any atom is 0.0234 e. The summed E-state index contributed by atoms with van der Waals surface area (Å²) in [6.07, 6.45) is 1.41. The molecule has 0 N–H and O–H groups in total. The normalized spacial score (nSPS) is 29.4. The summed E-state index contributed by atoms with van der Waals surface area (Å²) in [5.74, 6) is 0.911. The van der Waals surface area contributed by atoms with Crippen LogP contribution in [0.25, 0.3) is 0 Å². The average Bonchev–Trinajstić information content (AvgIpc) is 2.78. The van der Waals surface area contributed by atoms with Crippen LogP contribution in [-0.2, 0) is 12.0 Å². The number of likely N-dealkylation sites (tertiary alicyclic amines) is 1. The molecular formula is C17H19NS. The van der Waals surface area contributed by atoms with Crippen LogP contribution in [0.1, 0.15) is 21.7 Å². The summed E-state index contributed by atoms with van der Waals surface area (Å²) in [5, 5.41) is 0. The zero-order chi connectivity index (χ0) is 12.9. The van der Waals surface area contributed by atoms with Gasteiger partial charge < -0.3 is 0 Å². The van der Waals surface area contributed by atoms with E-state index in [9.17, 15) is 0 Å². The highest BCUT2D eigenvalue weighted by Crippen LogP contribution is 2.60. The second kappa shape index (κ2) is 4.19. The predicted octanol–water partition coefficient (Wildman–Crippen LogP) is 3.83. The van der Waals surface area contributed by atoms with Crippen molar-refractivity contribution < 1.29 is 0 Å². The highest BCUT2D eigenvalue weighted by Gasteiger charge is 2.61. The highest BCUT2D eigenvalue weighted by molar-refractivity contribution is 7.12. The molecular weight excluding hydrogens is 250 g/mol. The Labute approximate surface area is 118 Å². The molecule has 2 fully saturated rings. The van der Waals surface area contributed by atoms with Gasteiger partial charge >= 0.3 is 0 Å². The van der Waals surface area contributed by atoms with Gasteiger partial charge in [-0.25, -0.2) is 0 Å². The Morgan fingerprint density at radius 1 is 1.21 bits per heavy atom. The van der Waals surface area contributed by atoms with Crippen LogP contribution in [0.2, 0.25) is 0 Å². The van der Waals surface area contributed by atoms with Gasteiger partial charge in [-0.05, 0) is 37.0 Å². The van der Waals surface area contributed by atoms with Gasteiger partial charge in [-0.3, -0.25) is 4.90 Å². The van der Waals surface area contributed by atoms with Crippen molar-refractivity contribution in [3.05, 3.63) is 57.8 Å². The fourth-order valence-electron chi connectivity index (χ4n) is 3.63. The Morgan fingerprint density at radius 2 is 2.05 bits per heavy atom. The van der Waals surface area contributed by atoms with Crippen molar-refractivity contribution in [2.75, 3.05) is 13.1 Å². The predicted molar refractivity (Wildman–Crippen MR) is 80.6 cm³/mol. The summed E-state index contributed by atoms with van der Waals surface area (Å²) in [7, 11) is 0. The molecule has 1 aromatic heterocycles. The molecule has 1 saturated carbocycles. The zero-order valence-corrected chi connectivity index (χ0v) is 12.1. The van der Waals surface area contributed by atoms with Gasteiger partial charge in [-0.2, -0.15) is 0 Å². The fraction of sp³-hybridized carbons (Fsp3) is 0.412. The number of hydrogen-bond acceptors (Lipinski definition) is 2. The molecule has 0 radical (unpaired) electrons. The third-order valence-corrected chi connectivity index (χ3v) is 5.92. The molecule has 0 spiro atoms. The number of benzene rings is 1. The Hall–Kier alpha value is -1.12. The first kappa shape index (κ1) is 11.7. The maximum atomic E-state index is 2.64. The van der Waals surface area contributed by atoms with Crippen molar-refractivity contribution in [1.82, 2.24) is 4.90 Å². The Bertz CT molecular complexity index is 588. The van der Waals surface area contributed by atoms with E-state index in [0.29, 0.717) is 5.41 Å². The van der Waals surface area contributed by atoms with E-state index in [1.54, 1.807) is 4.88 Å². The number of aryl methyl sites for hydroxylation is 1. The third kappa shape index (κ3) is 1.94. The molecule has 1 saturated heterocycles. The molecule has 0 bridgehead atoms. The molecule has 2 atom stereocenters. The standard InChI is InChI=1S/C17H19NS/c1-13-7-8-16(19-13)17-9-15(17)11-18(12-17)10-14-5-3-2-4-6-14/h2-8,15H,9-12H2,1H3. The third-order valence-electron chi connectivity index (χ3n) is 4.70.